The summed E-state index contributed by atoms with van der Waals surface area (Å²) in [5.74, 6) is -0.500. The topological polar surface area (TPSA) is 112 Å². The van der Waals surface area contributed by atoms with Gasteiger partial charge in [-0.2, -0.15) is 0 Å². The van der Waals surface area contributed by atoms with Gasteiger partial charge in [-0.1, -0.05) is 86.0 Å². The molecule has 234 valence electrons. The Balaban J connectivity index is 1.57. The number of hydrogen-bond acceptors (Lipinski definition) is 8. The summed E-state index contributed by atoms with van der Waals surface area (Å²) in [5, 5.41) is 25.2. The van der Waals surface area contributed by atoms with Crippen molar-refractivity contribution in [1.82, 2.24) is 0 Å². The Labute approximate surface area is 266 Å². The average molecular weight is 619 g/mol. The van der Waals surface area contributed by atoms with Crippen molar-refractivity contribution in [1.29, 1.82) is 0 Å². The molecule has 5 aromatic carbocycles. The molecule has 2 N–H and O–H groups in total. The molecule has 0 heterocycles. The van der Waals surface area contributed by atoms with Gasteiger partial charge in [-0.05, 0) is 50.9 Å². The number of esters is 2. The van der Waals surface area contributed by atoms with Crippen molar-refractivity contribution in [2.75, 3.05) is 26.4 Å². The van der Waals surface area contributed by atoms with Crippen LogP contribution in [0.3, 0.4) is 0 Å². The lowest BCUT2D eigenvalue weighted by Gasteiger charge is -2.21. The Morgan fingerprint density at radius 3 is 1.39 bits per heavy atom. The van der Waals surface area contributed by atoms with Crippen LogP contribution in [0.5, 0.6) is 11.5 Å². The Hall–Kier alpha value is -5.44. The molecule has 0 saturated carbocycles. The van der Waals surface area contributed by atoms with Crippen molar-refractivity contribution >= 4 is 33.5 Å². The molecule has 8 nitrogen and oxygen atoms in total. The second kappa shape index (κ2) is 15.0. The molecule has 46 heavy (non-hydrogen) atoms. The maximum Gasteiger partial charge on any atom is 0.330 e. The van der Waals surface area contributed by atoms with Crippen LogP contribution < -0.4 is 9.47 Å². The number of aliphatic hydroxyl groups excluding tert-OH is 2. The number of rotatable bonds is 14. The highest BCUT2D eigenvalue weighted by molar-refractivity contribution is 5.92. The van der Waals surface area contributed by atoms with Crippen LogP contribution >= 0.6 is 0 Å². The van der Waals surface area contributed by atoms with Crippen LogP contribution in [0.15, 0.2) is 122 Å². The van der Waals surface area contributed by atoms with Gasteiger partial charge < -0.3 is 29.2 Å². The minimum Gasteiger partial charge on any atom is -0.490 e. The van der Waals surface area contributed by atoms with E-state index in [1.807, 2.05) is 78.9 Å². The molecule has 0 bridgehead atoms. The first kappa shape index (κ1) is 32.0. The minimum atomic E-state index is -1.11. The van der Waals surface area contributed by atoms with Crippen molar-refractivity contribution in [2.45, 2.75) is 12.2 Å². The van der Waals surface area contributed by atoms with Gasteiger partial charge in [0.15, 0.2) is 0 Å². The van der Waals surface area contributed by atoms with Gasteiger partial charge in [0.1, 0.15) is 50.1 Å². The summed E-state index contributed by atoms with van der Waals surface area (Å²) in [6.45, 7) is 5.82. The first-order valence-corrected chi connectivity index (χ1v) is 14.7. The number of carbonyl (C=O) groups excluding carboxylic acids is 2. The van der Waals surface area contributed by atoms with E-state index < -0.39 is 24.1 Å². The van der Waals surface area contributed by atoms with Gasteiger partial charge >= 0.3 is 11.9 Å². The summed E-state index contributed by atoms with van der Waals surface area (Å²) in [7, 11) is 0. The number of carbonyl (C=O) groups is 2. The first-order valence-electron chi connectivity index (χ1n) is 14.7. The highest BCUT2D eigenvalue weighted by Crippen LogP contribution is 2.42. The molecule has 2 unspecified atom stereocenters. The summed E-state index contributed by atoms with van der Waals surface area (Å²) >= 11 is 0. The molecule has 0 fully saturated rings. The van der Waals surface area contributed by atoms with E-state index in [1.165, 1.54) is 0 Å². The summed E-state index contributed by atoms with van der Waals surface area (Å²) in [6, 6.07) is 31.8. The zero-order valence-corrected chi connectivity index (χ0v) is 25.1. The molecule has 5 rings (SSSR count). The molecule has 0 aromatic heterocycles. The average Bonchev–Trinajstić information content (AvgIpc) is 3.10. The number of benzene rings is 5. The smallest absolute Gasteiger partial charge is 0.330 e. The molecule has 0 spiro atoms. The lowest BCUT2D eigenvalue weighted by molar-refractivity contribution is -0.141. The second-order valence-electron chi connectivity index (χ2n) is 10.6. The molecule has 2 atom stereocenters. The molecule has 0 amide bonds. The largest absolute Gasteiger partial charge is 0.490 e. The van der Waals surface area contributed by atoms with E-state index in [2.05, 4.69) is 25.3 Å². The van der Waals surface area contributed by atoms with E-state index >= 15 is 0 Å². The Morgan fingerprint density at radius 1 is 0.565 bits per heavy atom. The van der Waals surface area contributed by atoms with E-state index in [0.29, 0.717) is 11.5 Å². The van der Waals surface area contributed by atoms with Gasteiger partial charge in [0.25, 0.3) is 0 Å². The minimum absolute atomic E-state index is 0.181. The van der Waals surface area contributed by atoms with Crippen LogP contribution in [-0.4, -0.2) is 60.8 Å². The fourth-order valence-corrected chi connectivity index (χ4v) is 4.91. The zero-order valence-electron chi connectivity index (χ0n) is 25.1. The zero-order chi connectivity index (χ0) is 32.5. The molecule has 0 saturated heterocycles. The standard InChI is InChI=1S/C38H34O8/c1-3-37(41)45-23-31(39)21-43-35-20-36(44-22-32(40)24-46-38(42)4-2)34(30-16-14-26-10-6-8-12-28(26)18-30)19-33(35)29-15-13-25-9-5-7-11-27(25)17-29/h3-20,31-32,39-40H,1-2,21-24H2. The molecule has 5 aromatic rings. The van der Waals surface area contributed by atoms with Crippen molar-refractivity contribution in [3.8, 4) is 33.8 Å². The molecular weight excluding hydrogens is 584 g/mol. The van der Waals surface area contributed by atoms with Crippen molar-refractivity contribution in [2.24, 2.45) is 0 Å². The first-order chi connectivity index (χ1) is 22.3. The number of ether oxygens (including phenoxy) is 4. The van der Waals surface area contributed by atoms with Crippen LogP contribution in [0.4, 0.5) is 0 Å². The third-order valence-electron chi connectivity index (χ3n) is 7.23. The number of fused-ring (bicyclic) bond motifs is 2. The van der Waals surface area contributed by atoms with Gasteiger partial charge in [-0.3, -0.25) is 0 Å². The lowest BCUT2D eigenvalue weighted by Crippen LogP contribution is -2.25. The molecule has 0 aliphatic carbocycles. The highest BCUT2D eigenvalue weighted by atomic mass is 16.6. The van der Waals surface area contributed by atoms with Gasteiger partial charge in [-0.15, -0.1) is 0 Å². The maximum atomic E-state index is 11.5. The second-order valence-corrected chi connectivity index (χ2v) is 10.6. The van der Waals surface area contributed by atoms with Crippen LogP contribution in [0.1, 0.15) is 0 Å². The van der Waals surface area contributed by atoms with Crippen LogP contribution in [0.25, 0.3) is 43.8 Å². The van der Waals surface area contributed by atoms with Crippen LogP contribution in [-0.2, 0) is 19.1 Å². The SMILES string of the molecule is C=CC(=O)OCC(O)COc1cc(OCC(O)COC(=O)C=C)c(-c2ccc3ccccc3c2)cc1-c1ccc2ccccc2c1. The van der Waals surface area contributed by atoms with Gasteiger partial charge in [0.05, 0.1) is 0 Å². The summed E-state index contributed by atoms with van der Waals surface area (Å²) in [4.78, 5) is 23.0. The van der Waals surface area contributed by atoms with Crippen LogP contribution in [0.2, 0.25) is 0 Å². The molecule has 0 aliphatic heterocycles. The van der Waals surface area contributed by atoms with E-state index in [0.717, 1.165) is 56.0 Å². The number of aliphatic hydroxyl groups is 2. The van der Waals surface area contributed by atoms with E-state index in [9.17, 15) is 19.8 Å². The lowest BCUT2D eigenvalue weighted by atomic mass is 9.94. The molecule has 0 radical (unpaired) electrons. The normalized spacial score (nSPS) is 12.2. The van der Waals surface area contributed by atoms with Crippen molar-refractivity contribution in [3.05, 3.63) is 122 Å². The Morgan fingerprint density at radius 2 is 0.978 bits per heavy atom. The predicted molar refractivity (Wildman–Crippen MR) is 178 cm³/mol. The van der Waals surface area contributed by atoms with Gasteiger partial charge in [0.2, 0.25) is 0 Å². The maximum absolute atomic E-state index is 11.5. The van der Waals surface area contributed by atoms with E-state index in [-0.39, 0.29) is 26.4 Å². The summed E-state index contributed by atoms with van der Waals surface area (Å²) in [5.41, 5.74) is 3.20. The quantitative estimate of drug-likeness (QED) is 0.111. The molecule has 8 heteroatoms. The van der Waals surface area contributed by atoms with Crippen LogP contribution in [0, 0.1) is 0 Å². The predicted octanol–water partition coefficient (Wildman–Crippen LogP) is 6.26. The number of hydrogen-bond donors (Lipinski definition) is 2. The Kier molecular flexibility index (Phi) is 10.4. The fourth-order valence-electron chi connectivity index (χ4n) is 4.91. The molecular formula is C38H34O8. The highest BCUT2D eigenvalue weighted by Gasteiger charge is 2.19. The van der Waals surface area contributed by atoms with Gasteiger partial charge in [0, 0.05) is 29.3 Å². The third-order valence-corrected chi connectivity index (χ3v) is 7.23. The van der Waals surface area contributed by atoms with Gasteiger partial charge in [-0.25, -0.2) is 9.59 Å². The van der Waals surface area contributed by atoms with Crippen molar-refractivity contribution in [3.63, 3.8) is 0 Å². The fraction of sp³-hybridized carbons (Fsp3) is 0.158. The van der Waals surface area contributed by atoms with E-state index in [4.69, 9.17) is 18.9 Å². The third kappa shape index (κ3) is 7.98. The summed E-state index contributed by atoms with van der Waals surface area (Å²) < 4.78 is 22.2. The van der Waals surface area contributed by atoms with E-state index in [1.54, 1.807) is 6.07 Å². The Bertz CT molecular complexity index is 1750. The molecule has 0 aliphatic rings. The monoisotopic (exact) mass is 618 g/mol. The van der Waals surface area contributed by atoms with Crippen molar-refractivity contribution < 1.29 is 38.7 Å². The summed E-state index contributed by atoms with van der Waals surface area (Å²) in [6.07, 6.45) is -0.181.